The zero-order chi connectivity index (χ0) is 18.7. The summed E-state index contributed by atoms with van der Waals surface area (Å²) in [5.74, 6) is -2.91. The Labute approximate surface area is 149 Å². The van der Waals surface area contributed by atoms with E-state index in [2.05, 4.69) is 5.32 Å². The maximum atomic E-state index is 11.9. The van der Waals surface area contributed by atoms with Gasteiger partial charge in [0.05, 0.1) is 6.42 Å². The van der Waals surface area contributed by atoms with Gasteiger partial charge in [-0.1, -0.05) is 48.5 Å². The number of amides is 1. The molecule has 26 heavy (non-hydrogen) atoms. The fourth-order valence-corrected chi connectivity index (χ4v) is 3.16. The lowest BCUT2D eigenvalue weighted by atomic mass is 9.98. The smallest absolute Gasteiger partial charge is 0.407 e. The highest BCUT2D eigenvalue weighted by molar-refractivity contribution is 5.84. The van der Waals surface area contributed by atoms with Crippen molar-refractivity contribution in [3.63, 3.8) is 0 Å². The number of fused-ring (bicyclic) bond motifs is 3. The summed E-state index contributed by atoms with van der Waals surface area (Å²) < 4.78 is 5.20. The SMILES string of the molecule is O=C(O)C[C@H](NC(=O)OCC1c2ccccc2-c2ccccc21)[13C](=O)O. The predicted molar refractivity (Wildman–Crippen MR) is 91.9 cm³/mol. The number of carbonyl (C=O) groups is 3. The molecule has 2 aromatic carbocycles. The first-order valence-electron chi connectivity index (χ1n) is 8.03. The van der Waals surface area contributed by atoms with Gasteiger partial charge in [-0.05, 0) is 22.3 Å². The van der Waals surface area contributed by atoms with Gasteiger partial charge in [0.15, 0.2) is 0 Å². The van der Waals surface area contributed by atoms with Crippen LogP contribution in [0.15, 0.2) is 48.5 Å². The molecule has 0 unspecified atom stereocenters. The Bertz CT molecular complexity index is 817. The second-order valence-corrected chi connectivity index (χ2v) is 5.96. The van der Waals surface area contributed by atoms with Crippen molar-refractivity contribution in [2.75, 3.05) is 6.61 Å². The van der Waals surface area contributed by atoms with Gasteiger partial charge in [-0.2, -0.15) is 0 Å². The Kier molecular flexibility index (Phi) is 4.88. The number of nitrogens with one attached hydrogen (secondary N) is 1. The largest absolute Gasteiger partial charge is 0.481 e. The lowest BCUT2D eigenvalue weighted by Crippen LogP contribution is -2.42. The van der Waals surface area contributed by atoms with Gasteiger partial charge < -0.3 is 20.3 Å². The average molecular weight is 356 g/mol. The number of alkyl carbamates (subject to hydrolysis) is 1. The maximum absolute atomic E-state index is 11.9. The van der Waals surface area contributed by atoms with Crippen LogP contribution < -0.4 is 5.32 Å². The van der Waals surface area contributed by atoms with Crippen LogP contribution in [-0.2, 0) is 14.3 Å². The Balaban J connectivity index is 1.71. The number of hydrogen-bond acceptors (Lipinski definition) is 4. The molecule has 3 N–H and O–H groups in total. The van der Waals surface area contributed by atoms with Gasteiger partial charge in [-0.15, -0.1) is 0 Å². The number of hydrogen-bond donors (Lipinski definition) is 3. The van der Waals surface area contributed by atoms with E-state index >= 15 is 0 Å². The van der Waals surface area contributed by atoms with Crippen molar-refractivity contribution in [1.29, 1.82) is 0 Å². The third-order valence-corrected chi connectivity index (χ3v) is 4.31. The van der Waals surface area contributed by atoms with Gasteiger partial charge in [-0.3, -0.25) is 4.79 Å². The number of aliphatic carboxylic acids is 2. The predicted octanol–water partition coefficient (Wildman–Crippen LogP) is 2.45. The fourth-order valence-electron chi connectivity index (χ4n) is 3.16. The van der Waals surface area contributed by atoms with Crippen molar-refractivity contribution < 1.29 is 29.3 Å². The number of ether oxygens (including phenoxy) is 1. The first kappa shape index (κ1) is 17.5. The molecule has 0 heterocycles. The molecular weight excluding hydrogens is 339 g/mol. The van der Waals surface area contributed by atoms with Crippen LogP contribution in [0.2, 0.25) is 0 Å². The lowest BCUT2D eigenvalue weighted by molar-refractivity contribution is -0.145. The molecule has 2 aromatic rings. The summed E-state index contributed by atoms with van der Waals surface area (Å²) in [5.41, 5.74) is 4.21. The van der Waals surface area contributed by atoms with Gasteiger partial charge >= 0.3 is 18.0 Å². The number of rotatable bonds is 6. The van der Waals surface area contributed by atoms with E-state index in [1.807, 2.05) is 48.5 Å². The van der Waals surface area contributed by atoms with Gasteiger partial charge in [0.25, 0.3) is 0 Å². The Morgan fingerprint density at radius 2 is 1.50 bits per heavy atom. The minimum atomic E-state index is -1.54. The van der Waals surface area contributed by atoms with Gasteiger partial charge in [0.1, 0.15) is 12.6 Å². The average Bonchev–Trinajstić information content (AvgIpc) is 2.93. The van der Waals surface area contributed by atoms with Crippen molar-refractivity contribution >= 4 is 18.0 Å². The number of carboxylic acid groups (broad SMARTS) is 2. The van der Waals surface area contributed by atoms with Crippen molar-refractivity contribution in [2.45, 2.75) is 18.4 Å². The Morgan fingerprint density at radius 1 is 0.962 bits per heavy atom. The highest BCUT2D eigenvalue weighted by atomic mass is 16.6. The summed E-state index contributed by atoms with van der Waals surface area (Å²) in [6.07, 6.45) is -1.68. The number of benzene rings is 2. The summed E-state index contributed by atoms with van der Waals surface area (Å²) in [7, 11) is 0. The first-order chi connectivity index (χ1) is 12.5. The highest BCUT2D eigenvalue weighted by Crippen LogP contribution is 2.44. The molecule has 0 saturated heterocycles. The first-order valence-corrected chi connectivity index (χ1v) is 8.03. The molecule has 0 fully saturated rings. The van der Waals surface area contributed by atoms with E-state index in [0.29, 0.717) is 0 Å². The quantitative estimate of drug-likeness (QED) is 0.685. The second-order valence-electron chi connectivity index (χ2n) is 5.96. The van der Waals surface area contributed by atoms with E-state index in [9.17, 15) is 14.4 Å². The maximum Gasteiger partial charge on any atom is 0.407 e. The molecule has 1 aliphatic rings. The van der Waals surface area contributed by atoms with Crippen molar-refractivity contribution in [3.8, 4) is 11.1 Å². The minimum Gasteiger partial charge on any atom is -0.481 e. The van der Waals surface area contributed by atoms with Crippen LogP contribution in [0.1, 0.15) is 23.5 Å². The van der Waals surface area contributed by atoms with Crippen LogP contribution in [0.4, 0.5) is 4.79 Å². The van der Waals surface area contributed by atoms with Crippen LogP contribution in [0.3, 0.4) is 0 Å². The molecular formula is C19H17NO6. The summed E-state index contributed by atoms with van der Waals surface area (Å²) in [5, 5.41) is 19.8. The summed E-state index contributed by atoms with van der Waals surface area (Å²) >= 11 is 0. The fraction of sp³-hybridized carbons (Fsp3) is 0.211. The van der Waals surface area contributed by atoms with E-state index in [0.717, 1.165) is 22.3 Å². The van der Waals surface area contributed by atoms with E-state index < -0.39 is 30.5 Å². The molecule has 1 atom stereocenters. The van der Waals surface area contributed by atoms with E-state index in [-0.39, 0.29) is 12.5 Å². The molecule has 0 spiro atoms. The molecule has 134 valence electrons. The Hall–Kier alpha value is -3.35. The number of carbonyl (C=O) groups excluding carboxylic acids is 1. The number of carboxylic acids is 2. The molecule has 0 aromatic heterocycles. The molecule has 1 aliphatic carbocycles. The molecule has 1 amide bonds. The van der Waals surface area contributed by atoms with Crippen molar-refractivity contribution in [3.05, 3.63) is 59.7 Å². The van der Waals surface area contributed by atoms with Gasteiger partial charge in [0, 0.05) is 5.92 Å². The normalized spacial score (nSPS) is 13.4. The van der Waals surface area contributed by atoms with Crippen LogP contribution in [-0.4, -0.2) is 40.9 Å². The zero-order valence-corrected chi connectivity index (χ0v) is 13.7. The second kappa shape index (κ2) is 7.26. The minimum absolute atomic E-state index is 0.0271. The van der Waals surface area contributed by atoms with Crippen molar-refractivity contribution in [2.24, 2.45) is 0 Å². The van der Waals surface area contributed by atoms with Crippen LogP contribution in [0.25, 0.3) is 11.1 Å². The summed E-state index contributed by atoms with van der Waals surface area (Å²) in [6, 6.07) is 14.1. The van der Waals surface area contributed by atoms with Gasteiger partial charge in [0.2, 0.25) is 0 Å². The standard InChI is InChI=1S/C19H17NO6/c21-17(22)9-16(18(23)24)20-19(25)26-10-15-13-7-3-1-5-11(13)12-6-2-4-8-14(12)15/h1-8,15-16H,9-10H2,(H,20,25)(H,21,22)(H,23,24)/t16-/m0/s1/i18+1. The zero-order valence-electron chi connectivity index (χ0n) is 13.7. The van der Waals surface area contributed by atoms with Gasteiger partial charge in [-0.25, -0.2) is 9.59 Å². The van der Waals surface area contributed by atoms with Crippen LogP contribution in [0.5, 0.6) is 0 Å². The van der Waals surface area contributed by atoms with Crippen LogP contribution >= 0.6 is 0 Å². The monoisotopic (exact) mass is 356 g/mol. The molecule has 7 nitrogen and oxygen atoms in total. The molecule has 7 heteroatoms. The van der Waals surface area contributed by atoms with E-state index in [4.69, 9.17) is 14.9 Å². The van der Waals surface area contributed by atoms with E-state index in [1.54, 1.807) is 0 Å². The van der Waals surface area contributed by atoms with Crippen LogP contribution in [0, 0.1) is 0 Å². The third-order valence-electron chi connectivity index (χ3n) is 4.31. The van der Waals surface area contributed by atoms with E-state index in [1.165, 1.54) is 0 Å². The summed E-state index contributed by atoms with van der Waals surface area (Å²) in [4.78, 5) is 33.6. The Morgan fingerprint density at radius 3 is 2.00 bits per heavy atom. The lowest BCUT2D eigenvalue weighted by Gasteiger charge is -2.16. The molecule has 0 bridgehead atoms. The topological polar surface area (TPSA) is 113 Å². The molecule has 0 saturated carbocycles. The molecule has 3 rings (SSSR count). The highest BCUT2D eigenvalue weighted by Gasteiger charge is 2.30. The molecule has 0 radical (unpaired) electrons. The molecule has 0 aliphatic heterocycles. The van der Waals surface area contributed by atoms with Crippen molar-refractivity contribution in [1.82, 2.24) is 5.32 Å². The summed E-state index contributed by atoms with van der Waals surface area (Å²) in [6.45, 7) is 0.0271. The third kappa shape index (κ3) is 3.51.